The van der Waals surface area contributed by atoms with Gasteiger partial charge in [0.05, 0.1) is 35.8 Å². The number of phenolic OH excluding ortho intramolecular Hbond substituents is 1. The zero-order valence-corrected chi connectivity index (χ0v) is 23.0. The van der Waals surface area contributed by atoms with Crippen LogP contribution in [-0.2, 0) is 0 Å². The highest BCUT2D eigenvalue weighted by Crippen LogP contribution is 2.42. The number of rotatable bonds is 5. The zero-order valence-electron chi connectivity index (χ0n) is 22.2. The Bertz CT molecular complexity index is 1770. The largest absolute Gasteiger partial charge is 0.504 e. The molecule has 11 nitrogen and oxygen atoms in total. The van der Waals surface area contributed by atoms with Gasteiger partial charge in [-0.05, 0) is 56.0 Å². The van der Waals surface area contributed by atoms with Crippen molar-refractivity contribution in [1.29, 1.82) is 0 Å². The van der Waals surface area contributed by atoms with E-state index in [1.54, 1.807) is 18.3 Å². The molecule has 0 aliphatic carbocycles. The number of ether oxygens (including phenoxy) is 2. The lowest BCUT2D eigenvalue weighted by Gasteiger charge is -2.37. The fraction of sp³-hybridized carbons (Fsp3) is 0.333. The number of nitrogens with zero attached hydrogens (tertiary/aromatic N) is 6. The molecule has 0 radical (unpaired) electrons. The molecule has 208 valence electrons. The third kappa shape index (κ3) is 4.31. The number of benzene rings is 2. The van der Waals surface area contributed by atoms with E-state index in [0.717, 1.165) is 13.1 Å². The number of halogens is 1. The maximum Gasteiger partial charge on any atom is 0.216 e. The number of nitrogens with one attached hydrogen (secondary N) is 1. The highest BCUT2D eigenvalue weighted by atomic mass is 32.1. The van der Waals surface area contributed by atoms with E-state index in [0.29, 0.717) is 48.0 Å². The number of hydrogen-bond acceptors (Lipinski definition) is 9. The second-order valence-corrected chi connectivity index (χ2v) is 10.4. The van der Waals surface area contributed by atoms with Crippen LogP contribution in [0.5, 0.6) is 17.2 Å². The van der Waals surface area contributed by atoms with Gasteiger partial charge in [0, 0.05) is 32.4 Å². The van der Waals surface area contributed by atoms with E-state index in [4.69, 9.17) is 21.7 Å². The molecule has 4 heterocycles. The molecular formula is C27H28FN7O4S. The molecule has 6 rings (SSSR count). The first-order valence-electron chi connectivity index (χ1n) is 12.8. The van der Waals surface area contributed by atoms with Gasteiger partial charge in [-0.3, -0.25) is 4.79 Å². The number of piperazine rings is 1. The molecular weight excluding hydrogens is 537 g/mol. The van der Waals surface area contributed by atoms with Crippen LogP contribution in [0, 0.1) is 10.6 Å². The molecule has 0 saturated carbocycles. The summed E-state index contributed by atoms with van der Waals surface area (Å²) in [4.78, 5) is 18.0. The number of pyridine rings is 1. The van der Waals surface area contributed by atoms with Crippen LogP contribution in [0.2, 0.25) is 0 Å². The van der Waals surface area contributed by atoms with Crippen LogP contribution in [0.3, 0.4) is 0 Å². The summed E-state index contributed by atoms with van der Waals surface area (Å²) in [6.45, 7) is 5.22. The predicted molar refractivity (Wildman–Crippen MR) is 152 cm³/mol. The Hall–Kier alpha value is -4.23. The first kappa shape index (κ1) is 26.0. The van der Waals surface area contributed by atoms with Crippen molar-refractivity contribution in [2.75, 3.05) is 51.8 Å². The van der Waals surface area contributed by atoms with Crippen molar-refractivity contribution in [2.45, 2.75) is 13.0 Å². The van der Waals surface area contributed by atoms with E-state index in [1.165, 1.54) is 30.1 Å². The minimum Gasteiger partial charge on any atom is -0.504 e. The van der Waals surface area contributed by atoms with Crippen LogP contribution >= 0.6 is 12.2 Å². The van der Waals surface area contributed by atoms with E-state index in [9.17, 15) is 9.90 Å². The Morgan fingerprint density at radius 3 is 2.77 bits per heavy atom. The van der Waals surface area contributed by atoms with Gasteiger partial charge in [0.25, 0.3) is 0 Å². The van der Waals surface area contributed by atoms with Crippen LogP contribution in [-0.4, -0.2) is 82.6 Å². The van der Waals surface area contributed by atoms with Gasteiger partial charge in [-0.1, -0.05) is 0 Å². The number of aromatic hydroxyl groups is 1. The molecule has 2 aromatic heterocycles. The summed E-state index contributed by atoms with van der Waals surface area (Å²) in [6.07, 6.45) is 3.19. The van der Waals surface area contributed by atoms with Crippen LogP contribution < -0.4 is 19.8 Å². The van der Waals surface area contributed by atoms with Gasteiger partial charge in [-0.15, -0.1) is 0 Å². The number of methoxy groups -OCH3 is 1. The molecule has 13 heteroatoms. The Labute approximate surface area is 233 Å². The fourth-order valence-corrected chi connectivity index (χ4v) is 5.36. The molecule has 1 unspecified atom stereocenters. The molecule has 0 bridgehead atoms. The van der Waals surface area contributed by atoms with Gasteiger partial charge in [0.15, 0.2) is 28.9 Å². The lowest BCUT2D eigenvalue weighted by molar-refractivity contribution is 0.245. The number of aromatic nitrogens is 4. The molecule has 1 saturated heterocycles. The molecule has 0 amide bonds. The third-order valence-corrected chi connectivity index (χ3v) is 7.64. The third-order valence-electron chi connectivity index (χ3n) is 7.38. The standard InChI is InChI=1S/C27H28FN7O4S/c1-15-14-39-25-22-17(11-19(28)23(25)33-8-6-32(2)7-9-33)24(37)18(13-34(15)22)26-30-31-27(40)35(26)29-12-16-4-5-21(38-3)20(36)10-16/h4-5,10-13,15,36H,6-9,14H2,1-3H3,(H,31,40)/b29-12+. The van der Waals surface area contributed by atoms with Crippen LogP contribution in [0.4, 0.5) is 10.1 Å². The van der Waals surface area contributed by atoms with Crippen molar-refractivity contribution in [3.05, 3.63) is 56.8 Å². The number of phenols is 1. The smallest absolute Gasteiger partial charge is 0.216 e. The number of aromatic amines is 1. The number of hydrogen-bond donors (Lipinski definition) is 2. The minimum atomic E-state index is -0.501. The van der Waals surface area contributed by atoms with Crippen molar-refractivity contribution < 1.29 is 19.0 Å². The molecule has 0 spiro atoms. The van der Waals surface area contributed by atoms with Crippen molar-refractivity contribution in [3.8, 4) is 28.6 Å². The van der Waals surface area contributed by atoms with Crippen LogP contribution in [0.1, 0.15) is 18.5 Å². The monoisotopic (exact) mass is 565 g/mol. The highest BCUT2D eigenvalue weighted by molar-refractivity contribution is 7.71. The predicted octanol–water partition coefficient (Wildman–Crippen LogP) is 3.36. The highest BCUT2D eigenvalue weighted by Gasteiger charge is 2.31. The van der Waals surface area contributed by atoms with Crippen molar-refractivity contribution in [2.24, 2.45) is 5.10 Å². The molecule has 1 fully saturated rings. The van der Waals surface area contributed by atoms with Crippen molar-refractivity contribution in [1.82, 2.24) is 24.3 Å². The summed E-state index contributed by atoms with van der Waals surface area (Å²) in [5, 5.41) is 21.7. The topological polar surface area (TPSA) is 113 Å². The quantitative estimate of drug-likeness (QED) is 0.280. The SMILES string of the molecule is COc1ccc(/C=N/n2c(-c3cn4c5c(c(N6CCN(C)CC6)c(F)cc5c3=O)OCC4C)n[nH]c2=S)cc1O. The van der Waals surface area contributed by atoms with Crippen LogP contribution in [0.15, 0.2) is 40.4 Å². The number of anilines is 1. The second kappa shape index (κ2) is 10.1. The van der Waals surface area contributed by atoms with Gasteiger partial charge in [0.2, 0.25) is 10.2 Å². The summed E-state index contributed by atoms with van der Waals surface area (Å²) >= 11 is 5.39. The van der Waals surface area contributed by atoms with E-state index in [2.05, 4.69) is 20.2 Å². The molecule has 2 aromatic carbocycles. The van der Waals surface area contributed by atoms with Gasteiger partial charge in [-0.2, -0.15) is 14.9 Å². The Balaban J connectivity index is 1.49. The Morgan fingerprint density at radius 2 is 2.05 bits per heavy atom. The average Bonchev–Trinajstić information content (AvgIpc) is 3.31. The number of H-pyrrole nitrogens is 1. The van der Waals surface area contributed by atoms with Gasteiger partial charge < -0.3 is 28.9 Å². The van der Waals surface area contributed by atoms with E-state index in [1.807, 2.05) is 23.4 Å². The minimum absolute atomic E-state index is 0.0423. The van der Waals surface area contributed by atoms with Crippen LogP contribution in [0.25, 0.3) is 22.3 Å². The molecule has 1 atom stereocenters. The summed E-state index contributed by atoms with van der Waals surface area (Å²) in [6, 6.07) is 5.99. The summed E-state index contributed by atoms with van der Waals surface area (Å²) in [5.74, 6) is 0.352. The summed E-state index contributed by atoms with van der Waals surface area (Å²) in [7, 11) is 3.50. The average molecular weight is 566 g/mol. The van der Waals surface area contributed by atoms with Crippen molar-refractivity contribution >= 4 is 35.0 Å². The Kier molecular flexibility index (Phi) is 6.55. The van der Waals surface area contributed by atoms with Gasteiger partial charge >= 0.3 is 0 Å². The molecule has 4 aromatic rings. The second-order valence-electron chi connectivity index (χ2n) is 10.0. The normalized spacial score (nSPS) is 17.5. The van der Waals surface area contributed by atoms with Gasteiger partial charge in [0.1, 0.15) is 12.3 Å². The molecule has 40 heavy (non-hydrogen) atoms. The maximum atomic E-state index is 15.7. The fourth-order valence-electron chi connectivity index (χ4n) is 5.18. The lowest BCUT2D eigenvalue weighted by Crippen LogP contribution is -2.45. The zero-order chi connectivity index (χ0) is 28.1. The first-order chi connectivity index (χ1) is 19.3. The Morgan fingerprint density at radius 1 is 1.27 bits per heavy atom. The summed E-state index contributed by atoms with van der Waals surface area (Å²) in [5.41, 5.74) is 1.32. The van der Waals surface area contributed by atoms with E-state index in [-0.39, 0.29) is 33.3 Å². The molecule has 2 aliphatic rings. The van der Waals surface area contributed by atoms with E-state index < -0.39 is 11.2 Å². The molecule has 2 aliphatic heterocycles. The first-order valence-corrected chi connectivity index (χ1v) is 13.2. The van der Waals surface area contributed by atoms with Gasteiger partial charge in [-0.25, -0.2) is 9.49 Å². The molecule has 2 N–H and O–H groups in total. The number of likely N-dealkylation sites (N-methyl/N-ethyl adjacent to an activating group) is 1. The lowest BCUT2D eigenvalue weighted by atomic mass is 10.0. The summed E-state index contributed by atoms with van der Waals surface area (Å²) < 4.78 is 30.3. The van der Waals surface area contributed by atoms with Crippen molar-refractivity contribution in [3.63, 3.8) is 0 Å². The van der Waals surface area contributed by atoms with E-state index >= 15 is 4.39 Å². The maximum absolute atomic E-state index is 15.7.